The maximum absolute atomic E-state index is 5.38. The summed E-state index contributed by atoms with van der Waals surface area (Å²) in [6, 6.07) is 4.13. The van der Waals surface area contributed by atoms with Gasteiger partial charge in [0.15, 0.2) is 5.65 Å². The molecule has 0 bridgehead atoms. The summed E-state index contributed by atoms with van der Waals surface area (Å²) in [5, 5.41) is 8.59. The number of pyridine rings is 1. The summed E-state index contributed by atoms with van der Waals surface area (Å²) in [4.78, 5) is 0. The number of nitrogens with zero attached hydrogens (tertiary/aromatic N) is 3. The highest BCUT2D eigenvalue weighted by Crippen LogP contribution is 2.20. The molecule has 17 heavy (non-hydrogen) atoms. The van der Waals surface area contributed by atoms with Crippen LogP contribution in [0, 0.1) is 12.8 Å². The zero-order valence-corrected chi connectivity index (χ0v) is 10.1. The van der Waals surface area contributed by atoms with Gasteiger partial charge in [0.05, 0.1) is 0 Å². The number of hydrogen-bond donors (Lipinski definition) is 0. The van der Waals surface area contributed by atoms with Gasteiger partial charge in [-0.15, -0.1) is 10.2 Å². The molecule has 1 aliphatic rings. The number of rotatable bonds is 2. The van der Waals surface area contributed by atoms with Crippen LogP contribution in [0.1, 0.15) is 24.2 Å². The van der Waals surface area contributed by atoms with Crippen LogP contribution >= 0.6 is 0 Å². The van der Waals surface area contributed by atoms with Gasteiger partial charge in [-0.2, -0.15) is 0 Å². The SMILES string of the molecule is Cc1cccn2c(CC3CCOCC3)nnc12. The molecule has 0 amide bonds. The molecule has 2 aromatic rings. The molecule has 1 saturated heterocycles. The van der Waals surface area contributed by atoms with Gasteiger partial charge in [0.2, 0.25) is 0 Å². The van der Waals surface area contributed by atoms with Gasteiger partial charge >= 0.3 is 0 Å². The molecule has 1 fully saturated rings. The number of fused-ring (bicyclic) bond motifs is 1. The second-order valence-corrected chi connectivity index (χ2v) is 4.76. The molecule has 4 nitrogen and oxygen atoms in total. The smallest absolute Gasteiger partial charge is 0.163 e. The molecule has 3 rings (SSSR count). The number of ether oxygens (including phenoxy) is 1. The lowest BCUT2D eigenvalue weighted by Gasteiger charge is -2.20. The zero-order chi connectivity index (χ0) is 11.7. The molecule has 0 atom stereocenters. The third-order valence-electron chi connectivity index (χ3n) is 3.51. The maximum Gasteiger partial charge on any atom is 0.163 e. The first-order valence-electron chi connectivity index (χ1n) is 6.21. The summed E-state index contributed by atoms with van der Waals surface area (Å²) in [5.41, 5.74) is 2.16. The summed E-state index contributed by atoms with van der Waals surface area (Å²) >= 11 is 0. The number of hydrogen-bond acceptors (Lipinski definition) is 3. The van der Waals surface area contributed by atoms with Crippen LogP contribution in [0.5, 0.6) is 0 Å². The zero-order valence-electron chi connectivity index (χ0n) is 10.1. The number of aromatic nitrogens is 3. The Labute approximate surface area is 101 Å². The van der Waals surface area contributed by atoms with Gasteiger partial charge in [0, 0.05) is 25.8 Å². The highest BCUT2D eigenvalue weighted by atomic mass is 16.5. The first kappa shape index (κ1) is 10.7. The van der Waals surface area contributed by atoms with Crippen molar-refractivity contribution in [2.75, 3.05) is 13.2 Å². The average molecular weight is 231 g/mol. The van der Waals surface area contributed by atoms with E-state index in [2.05, 4.69) is 39.9 Å². The lowest BCUT2D eigenvalue weighted by molar-refractivity contribution is 0.0659. The predicted molar refractivity (Wildman–Crippen MR) is 65.0 cm³/mol. The summed E-state index contributed by atoms with van der Waals surface area (Å²) in [7, 11) is 0. The van der Waals surface area contributed by atoms with Crippen LogP contribution in [-0.4, -0.2) is 27.8 Å². The number of aryl methyl sites for hydroxylation is 1. The normalized spacial score (nSPS) is 17.7. The first-order chi connectivity index (χ1) is 8.34. The van der Waals surface area contributed by atoms with Gasteiger partial charge in [0.25, 0.3) is 0 Å². The van der Waals surface area contributed by atoms with Crippen LogP contribution in [0.15, 0.2) is 18.3 Å². The van der Waals surface area contributed by atoms with Gasteiger partial charge in [-0.1, -0.05) is 6.07 Å². The van der Waals surface area contributed by atoms with Crippen LogP contribution in [-0.2, 0) is 11.2 Å². The van der Waals surface area contributed by atoms with Crippen LogP contribution < -0.4 is 0 Å². The molecule has 3 heterocycles. The van der Waals surface area contributed by atoms with Crippen molar-refractivity contribution in [3.8, 4) is 0 Å². The van der Waals surface area contributed by atoms with Gasteiger partial charge in [0.1, 0.15) is 5.82 Å². The van der Waals surface area contributed by atoms with Crippen molar-refractivity contribution < 1.29 is 4.74 Å². The van der Waals surface area contributed by atoms with Crippen molar-refractivity contribution in [1.82, 2.24) is 14.6 Å². The third kappa shape index (κ3) is 2.05. The fourth-order valence-corrected chi connectivity index (χ4v) is 2.45. The monoisotopic (exact) mass is 231 g/mol. The highest BCUT2D eigenvalue weighted by Gasteiger charge is 2.17. The standard InChI is InChI=1S/C13H17N3O/c1-10-3-2-6-16-12(14-15-13(10)16)9-11-4-7-17-8-5-11/h2-3,6,11H,4-5,7-9H2,1H3. The fourth-order valence-electron chi connectivity index (χ4n) is 2.45. The minimum absolute atomic E-state index is 0.691. The summed E-state index contributed by atoms with van der Waals surface area (Å²) in [6.45, 7) is 3.85. The van der Waals surface area contributed by atoms with E-state index >= 15 is 0 Å². The lowest BCUT2D eigenvalue weighted by Crippen LogP contribution is -2.18. The molecule has 0 aromatic carbocycles. The van der Waals surface area contributed by atoms with E-state index in [9.17, 15) is 0 Å². The molecule has 0 spiro atoms. The summed E-state index contributed by atoms with van der Waals surface area (Å²) in [5.74, 6) is 1.77. The Hall–Kier alpha value is -1.42. The molecule has 0 N–H and O–H groups in total. The Balaban J connectivity index is 1.87. The second-order valence-electron chi connectivity index (χ2n) is 4.76. The van der Waals surface area contributed by atoms with Crippen LogP contribution in [0.25, 0.3) is 5.65 Å². The molecule has 0 aliphatic carbocycles. The van der Waals surface area contributed by atoms with E-state index in [0.717, 1.165) is 43.9 Å². The minimum atomic E-state index is 0.691. The third-order valence-corrected chi connectivity index (χ3v) is 3.51. The minimum Gasteiger partial charge on any atom is -0.381 e. The molecule has 1 aliphatic heterocycles. The summed E-state index contributed by atoms with van der Waals surface area (Å²) < 4.78 is 7.50. The largest absolute Gasteiger partial charge is 0.381 e. The fraction of sp³-hybridized carbons (Fsp3) is 0.538. The molecule has 0 saturated carbocycles. The lowest BCUT2D eigenvalue weighted by atomic mass is 9.96. The topological polar surface area (TPSA) is 39.4 Å². The van der Waals surface area contributed by atoms with Crippen molar-refractivity contribution in [3.05, 3.63) is 29.7 Å². The van der Waals surface area contributed by atoms with Crippen molar-refractivity contribution in [3.63, 3.8) is 0 Å². The quantitative estimate of drug-likeness (QED) is 0.793. The molecule has 90 valence electrons. The Morgan fingerprint density at radius 2 is 2.18 bits per heavy atom. The van der Waals surface area contributed by atoms with E-state index in [4.69, 9.17) is 4.74 Å². The van der Waals surface area contributed by atoms with E-state index in [1.54, 1.807) is 0 Å². The van der Waals surface area contributed by atoms with Gasteiger partial charge in [-0.05, 0) is 37.3 Å². The molecular formula is C13H17N3O. The van der Waals surface area contributed by atoms with Crippen molar-refractivity contribution in [2.24, 2.45) is 5.92 Å². The second kappa shape index (κ2) is 4.45. The highest BCUT2D eigenvalue weighted by molar-refractivity contribution is 5.46. The van der Waals surface area contributed by atoms with E-state index in [0.29, 0.717) is 5.92 Å². The molecule has 0 radical (unpaired) electrons. The van der Waals surface area contributed by atoms with E-state index in [-0.39, 0.29) is 0 Å². The molecule has 4 heteroatoms. The maximum atomic E-state index is 5.38. The first-order valence-corrected chi connectivity index (χ1v) is 6.21. The van der Waals surface area contributed by atoms with E-state index < -0.39 is 0 Å². The van der Waals surface area contributed by atoms with E-state index in [1.165, 1.54) is 5.56 Å². The van der Waals surface area contributed by atoms with Gasteiger partial charge in [-0.25, -0.2) is 0 Å². The predicted octanol–water partition coefficient (Wildman–Crippen LogP) is 2.01. The van der Waals surface area contributed by atoms with Crippen LogP contribution in [0.2, 0.25) is 0 Å². The van der Waals surface area contributed by atoms with Crippen LogP contribution in [0.3, 0.4) is 0 Å². The van der Waals surface area contributed by atoms with Crippen molar-refractivity contribution in [1.29, 1.82) is 0 Å². The molecular weight excluding hydrogens is 214 g/mol. The Morgan fingerprint density at radius 3 is 3.00 bits per heavy atom. The molecule has 0 unspecified atom stereocenters. The average Bonchev–Trinajstić information content (AvgIpc) is 2.76. The summed E-state index contributed by atoms with van der Waals surface area (Å²) in [6.07, 6.45) is 5.34. The Morgan fingerprint density at radius 1 is 1.35 bits per heavy atom. The van der Waals surface area contributed by atoms with Crippen molar-refractivity contribution >= 4 is 5.65 Å². The Kier molecular flexibility index (Phi) is 2.81. The van der Waals surface area contributed by atoms with Crippen LogP contribution in [0.4, 0.5) is 0 Å². The molecule has 2 aromatic heterocycles. The van der Waals surface area contributed by atoms with Gasteiger partial charge < -0.3 is 4.74 Å². The van der Waals surface area contributed by atoms with Gasteiger partial charge in [-0.3, -0.25) is 4.40 Å². The Bertz CT molecular complexity index is 514. The van der Waals surface area contributed by atoms with Crippen molar-refractivity contribution in [2.45, 2.75) is 26.2 Å². The van der Waals surface area contributed by atoms with E-state index in [1.807, 2.05) is 0 Å².